The highest BCUT2D eigenvalue weighted by atomic mass is 16.5. The van der Waals surface area contributed by atoms with Crippen LogP contribution in [0.25, 0.3) is 5.82 Å². The highest BCUT2D eigenvalue weighted by molar-refractivity contribution is 5.74. The largest absolute Gasteiger partial charge is 0.376 e. The lowest BCUT2D eigenvalue weighted by Gasteiger charge is -2.20. The highest BCUT2D eigenvalue weighted by Crippen LogP contribution is 2.15. The van der Waals surface area contributed by atoms with Crippen molar-refractivity contribution in [2.45, 2.75) is 38.5 Å². The van der Waals surface area contributed by atoms with E-state index in [-0.39, 0.29) is 18.2 Å². The maximum atomic E-state index is 12.1. The summed E-state index contributed by atoms with van der Waals surface area (Å²) >= 11 is 0. The van der Waals surface area contributed by atoms with Gasteiger partial charge >= 0.3 is 6.03 Å². The Morgan fingerprint density at radius 3 is 3.13 bits per heavy atom. The third kappa shape index (κ3) is 3.87. The van der Waals surface area contributed by atoms with Gasteiger partial charge in [0.25, 0.3) is 0 Å². The Labute approximate surface area is 135 Å². The van der Waals surface area contributed by atoms with Crippen molar-refractivity contribution in [1.82, 2.24) is 25.4 Å². The fraction of sp³-hybridized carbons (Fsp3) is 0.438. The van der Waals surface area contributed by atoms with Gasteiger partial charge in [-0.2, -0.15) is 5.10 Å². The molecule has 2 aromatic heterocycles. The molecule has 122 valence electrons. The zero-order valence-electron chi connectivity index (χ0n) is 13.1. The quantitative estimate of drug-likeness (QED) is 0.879. The second kappa shape index (κ2) is 7.23. The number of hydrogen-bond acceptors (Lipinski definition) is 4. The molecule has 2 N–H and O–H groups in total. The molecule has 23 heavy (non-hydrogen) atoms. The van der Waals surface area contributed by atoms with Crippen molar-refractivity contribution in [2.24, 2.45) is 0 Å². The molecule has 0 unspecified atom stereocenters. The number of nitrogens with one attached hydrogen (secondary N) is 2. The fourth-order valence-corrected chi connectivity index (χ4v) is 2.69. The van der Waals surface area contributed by atoms with Gasteiger partial charge in [-0.1, -0.05) is 6.07 Å². The number of hydrogen-bond donors (Lipinski definition) is 2. The molecule has 2 aromatic rings. The number of ether oxygens (including phenoxy) is 1. The lowest BCUT2D eigenvalue weighted by Crippen LogP contribution is -2.45. The molecule has 0 saturated carbocycles. The minimum Gasteiger partial charge on any atom is -0.376 e. The number of amides is 2. The second-order valence-corrected chi connectivity index (χ2v) is 5.60. The Balaban J connectivity index is 1.57. The first-order valence-corrected chi connectivity index (χ1v) is 7.84. The van der Waals surface area contributed by atoms with Crippen LogP contribution >= 0.6 is 0 Å². The van der Waals surface area contributed by atoms with Gasteiger partial charge in [-0.15, -0.1) is 0 Å². The van der Waals surface area contributed by atoms with Gasteiger partial charge in [-0.25, -0.2) is 14.5 Å². The second-order valence-electron chi connectivity index (χ2n) is 5.60. The van der Waals surface area contributed by atoms with Gasteiger partial charge in [0.15, 0.2) is 5.82 Å². The van der Waals surface area contributed by atoms with Gasteiger partial charge < -0.3 is 15.4 Å². The molecule has 1 aliphatic rings. The maximum absolute atomic E-state index is 12.1. The van der Waals surface area contributed by atoms with Crippen molar-refractivity contribution in [3.8, 4) is 5.82 Å². The molecule has 0 radical (unpaired) electrons. The van der Waals surface area contributed by atoms with E-state index in [9.17, 15) is 4.79 Å². The molecule has 7 nitrogen and oxygen atoms in total. The van der Waals surface area contributed by atoms with E-state index in [1.165, 1.54) is 0 Å². The summed E-state index contributed by atoms with van der Waals surface area (Å²) < 4.78 is 7.27. The number of rotatable bonds is 5. The van der Waals surface area contributed by atoms with E-state index in [4.69, 9.17) is 4.74 Å². The minimum absolute atomic E-state index is 0.00279. The summed E-state index contributed by atoms with van der Waals surface area (Å²) in [6.45, 7) is 3.13. The average molecular weight is 315 g/mol. The maximum Gasteiger partial charge on any atom is 0.315 e. The van der Waals surface area contributed by atoms with Crippen LogP contribution in [-0.2, 0) is 11.3 Å². The van der Waals surface area contributed by atoms with Gasteiger partial charge in [-0.05, 0) is 31.9 Å². The van der Waals surface area contributed by atoms with Gasteiger partial charge in [0, 0.05) is 37.3 Å². The van der Waals surface area contributed by atoms with Gasteiger partial charge in [0.05, 0.1) is 12.1 Å². The van der Waals surface area contributed by atoms with Crippen molar-refractivity contribution < 1.29 is 9.53 Å². The number of aromatic nitrogens is 3. The van der Waals surface area contributed by atoms with E-state index in [1.807, 2.05) is 31.3 Å². The Bertz CT molecular complexity index is 638. The van der Waals surface area contributed by atoms with Crippen LogP contribution in [0.5, 0.6) is 0 Å². The van der Waals surface area contributed by atoms with E-state index in [0.717, 1.165) is 25.0 Å². The summed E-state index contributed by atoms with van der Waals surface area (Å²) in [5, 5.41) is 9.98. The molecule has 0 bridgehead atoms. The first-order chi connectivity index (χ1) is 11.2. The molecule has 2 atom stereocenters. The minimum atomic E-state index is -0.205. The molecule has 0 aromatic carbocycles. The van der Waals surface area contributed by atoms with E-state index < -0.39 is 0 Å². The molecule has 7 heteroatoms. The molecule has 3 heterocycles. The molecule has 0 aliphatic carbocycles. The van der Waals surface area contributed by atoms with Crippen LogP contribution in [0.1, 0.15) is 25.3 Å². The third-order valence-corrected chi connectivity index (χ3v) is 3.91. The molecule has 1 saturated heterocycles. The molecule has 1 aliphatic heterocycles. The summed E-state index contributed by atoms with van der Waals surface area (Å²) in [6.07, 6.45) is 7.39. The number of urea groups is 1. The number of pyridine rings is 1. The Morgan fingerprint density at radius 2 is 2.39 bits per heavy atom. The van der Waals surface area contributed by atoms with Crippen molar-refractivity contribution in [3.63, 3.8) is 0 Å². The number of carbonyl (C=O) groups excluding carboxylic acids is 1. The van der Waals surface area contributed by atoms with Crippen molar-refractivity contribution >= 4 is 6.03 Å². The van der Waals surface area contributed by atoms with E-state index >= 15 is 0 Å². The van der Waals surface area contributed by atoms with Crippen molar-refractivity contribution in [2.75, 3.05) is 6.61 Å². The summed E-state index contributed by atoms with van der Waals surface area (Å²) in [5.41, 5.74) is 0.899. The normalized spacial score (nSPS) is 18.6. The van der Waals surface area contributed by atoms with Crippen LogP contribution in [-0.4, -0.2) is 39.5 Å². The summed E-state index contributed by atoms with van der Waals surface area (Å²) in [4.78, 5) is 16.4. The van der Waals surface area contributed by atoms with E-state index in [0.29, 0.717) is 12.4 Å². The zero-order chi connectivity index (χ0) is 16.1. The zero-order valence-corrected chi connectivity index (χ0v) is 13.1. The fourth-order valence-electron chi connectivity index (χ4n) is 2.69. The van der Waals surface area contributed by atoms with Gasteiger partial charge in [0.1, 0.15) is 0 Å². The van der Waals surface area contributed by atoms with E-state index in [1.54, 1.807) is 17.1 Å². The third-order valence-electron chi connectivity index (χ3n) is 3.91. The van der Waals surface area contributed by atoms with Crippen LogP contribution in [0.2, 0.25) is 0 Å². The first kappa shape index (κ1) is 15.5. The average Bonchev–Trinajstić information content (AvgIpc) is 3.26. The molecule has 1 fully saturated rings. The van der Waals surface area contributed by atoms with Crippen LogP contribution < -0.4 is 10.6 Å². The predicted molar refractivity (Wildman–Crippen MR) is 85.2 cm³/mol. The summed E-state index contributed by atoms with van der Waals surface area (Å²) in [5.74, 6) is 0.713. The Kier molecular flexibility index (Phi) is 4.87. The standard InChI is InChI=1S/C16H21N5O2/c1-12(14-6-3-10-23-14)20-16(22)18-11-13-5-2-7-17-15(13)21-9-4-8-19-21/h2,4-5,7-9,12,14H,3,6,10-11H2,1H3,(H2,18,20,22)/t12-,14+/m1/s1. The Morgan fingerprint density at radius 1 is 1.48 bits per heavy atom. The Hall–Kier alpha value is -2.41. The molecular weight excluding hydrogens is 294 g/mol. The predicted octanol–water partition coefficient (Wildman–Crippen LogP) is 1.63. The summed E-state index contributed by atoms with van der Waals surface area (Å²) in [6, 6.07) is 5.40. The SMILES string of the molecule is C[C@@H](NC(=O)NCc1cccnc1-n1cccn1)[C@@H]1CCCO1. The monoisotopic (exact) mass is 315 g/mol. The number of carbonyl (C=O) groups is 1. The molecule has 3 rings (SSSR count). The molecule has 0 spiro atoms. The molecular formula is C16H21N5O2. The van der Waals surface area contributed by atoms with Crippen LogP contribution in [0, 0.1) is 0 Å². The van der Waals surface area contributed by atoms with E-state index in [2.05, 4.69) is 20.7 Å². The van der Waals surface area contributed by atoms with Crippen LogP contribution in [0.15, 0.2) is 36.8 Å². The topological polar surface area (TPSA) is 81.1 Å². The van der Waals surface area contributed by atoms with Crippen molar-refractivity contribution in [3.05, 3.63) is 42.4 Å². The lowest BCUT2D eigenvalue weighted by molar-refractivity contribution is 0.0860. The van der Waals surface area contributed by atoms with Crippen LogP contribution in [0.3, 0.4) is 0 Å². The lowest BCUT2D eigenvalue weighted by atomic mass is 10.1. The smallest absolute Gasteiger partial charge is 0.315 e. The molecule has 2 amide bonds. The summed E-state index contributed by atoms with van der Waals surface area (Å²) in [7, 11) is 0. The van der Waals surface area contributed by atoms with Crippen molar-refractivity contribution in [1.29, 1.82) is 0 Å². The van der Waals surface area contributed by atoms with Gasteiger partial charge in [-0.3, -0.25) is 0 Å². The first-order valence-electron chi connectivity index (χ1n) is 7.84. The van der Waals surface area contributed by atoms with Crippen LogP contribution in [0.4, 0.5) is 4.79 Å². The highest BCUT2D eigenvalue weighted by Gasteiger charge is 2.23. The number of nitrogens with zero attached hydrogens (tertiary/aromatic N) is 3. The van der Waals surface area contributed by atoms with Gasteiger partial charge in [0.2, 0.25) is 0 Å².